The molecule has 1 saturated heterocycles. The fourth-order valence-electron chi connectivity index (χ4n) is 2.82. The quantitative estimate of drug-likeness (QED) is 0.788. The third-order valence-electron chi connectivity index (χ3n) is 3.96. The largest absolute Gasteiger partial charge is 0.444 e. The molecule has 1 fully saturated rings. The predicted molar refractivity (Wildman–Crippen MR) is 83.2 cm³/mol. The number of ether oxygens (including phenoxy) is 1. The average Bonchev–Trinajstić information content (AvgIpc) is 2.72. The van der Waals surface area contributed by atoms with Crippen molar-refractivity contribution in [2.75, 3.05) is 13.1 Å². The van der Waals surface area contributed by atoms with Crippen LogP contribution in [0.15, 0.2) is 0 Å². The van der Waals surface area contributed by atoms with Crippen LogP contribution in [-0.2, 0) is 4.74 Å². The molecule has 22 heavy (non-hydrogen) atoms. The van der Waals surface area contributed by atoms with Gasteiger partial charge in [-0.1, -0.05) is 0 Å². The molecule has 0 unspecified atom stereocenters. The van der Waals surface area contributed by atoms with Crippen molar-refractivity contribution in [2.24, 2.45) is 0 Å². The molecule has 0 atom stereocenters. The number of carbonyl (C=O) groups is 2. The van der Waals surface area contributed by atoms with Crippen LogP contribution in [-0.4, -0.2) is 45.8 Å². The lowest BCUT2D eigenvalue weighted by molar-refractivity contribution is 0.0184. The summed E-state index contributed by atoms with van der Waals surface area (Å²) in [5.74, 6) is 0. The zero-order valence-electron chi connectivity index (χ0n) is 14.0. The third-order valence-corrected chi connectivity index (χ3v) is 3.96. The maximum absolute atomic E-state index is 12.1. The zero-order chi connectivity index (χ0) is 16.5. The summed E-state index contributed by atoms with van der Waals surface area (Å²) in [6.45, 7) is 10.7. The summed E-state index contributed by atoms with van der Waals surface area (Å²) in [7, 11) is 0. The van der Waals surface area contributed by atoms with Gasteiger partial charge in [0.25, 0.3) is 0 Å². The zero-order valence-corrected chi connectivity index (χ0v) is 14.0. The second-order valence-electron chi connectivity index (χ2n) is 6.85. The Morgan fingerprint density at radius 1 is 1.27 bits per heavy atom. The number of rotatable bonds is 2. The summed E-state index contributed by atoms with van der Waals surface area (Å²) in [5, 5.41) is 4.48. The number of amides is 1. The fraction of sp³-hybridized carbons (Fsp3) is 0.688. The van der Waals surface area contributed by atoms with E-state index in [-0.39, 0.29) is 12.1 Å². The number of piperidine rings is 1. The van der Waals surface area contributed by atoms with Crippen LogP contribution >= 0.6 is 0 Å². The van der Waals surface area contributed by atoms with E-state index < -0.39 is 5.60 Å². The number of carbonyl (C=O) groups excluding carboxylic acids is 2. The molecule has 2 rings (SSSR count). The summed E-state index contributed by atoms with van der Waals surface area (Å²) >= 11 is 0. The maximum Gasteiger partial charge on any atom is 0.410 e. The van der Waals surface area contributed by atoms with Crippen molar-refractivity contribution >= 4 is 12.4 Å². The van der Waals surface area contributed by atoms with Crippen molar-refractivity contribution < 1.29 is 14.3 Å². The smallest absolute Gasteiger partial charge is 0.410 e. The van der Waals surface area contributed by atoms with Crippen LogP contribution in [0.5, 0.6) is 0 Å². The minimum absolute atomic E-state index is 0.228. The van der Waals surface area contributed by atoms with E-state index in [1.165, 1.54) is 0 Å². The number of aromatic nitrogens is 2. The van der Waals surface area contributed by atoms with Gasteiger partial charge in [-0.25, -0.2) is 4.79 Å². The van der Waals surface area contributed by atoms with Gasteiger partial charge in [0.05, 0.1) is 17.3 Å². The van der Waals surface area contributed by atoms with Gasteiger partial charge in [0.2, 0.25) is 0 Å². The molecule has 1 amide bonds. The molecule has 1 aromatic heterocycles. The maximum atomic E-state index is 12.1. The Hall–Kier alpha value is -1.85. The lowest BCUT2D eigenvalue weighted by atomic mass is 10.1. The summed E-state index contributed by atoms with van der Waals surface area (Å²) in [5.41, 5.74) is 1.88. The van der Waals surface area contributed by atoms with E-state index >= 15 is 0 Å². The van der Waals surface area contributed by atoms with Gasteiger partial charge in [0.15, 0.2) is 6.29 Å². The molecule has 0 bridgehead atoms. The average molecular weight is 307 g/mol. The molecule has 1 aromatic rings. The van der Waals surface area contributed by atoms with Gasteiger partial charge in [-0.3, -0.25) is 9.48 Å². The normalized spacial score (nSPS) is 16.7. The first-order valence-electron chi connectivity index (χ1n) is 7.71. The third kappa shape index (κ3) is 3.48. The van der Waals surface area contributed by atoms with Crippen molar-refractivity contribution in [1.29, 1.82) is 0 Å². The number of hydrogen-bond acceptors (Lipinski definition) is 4. The Morgan fingerprint density at radius 2 is 1.86 bits per heavy atom. The van der Waals surface area contributed by atoms with E-state index in [0.717, 1.165) is 30.5 Å². The minimum atomic E-state index is -0.470. The lowest BCUT2D eigenvalue weighted by Crippen LogP contribution is -2.42. The van der Waals surface area contributed by atoms with Crippen LogP contribution in [0.2, 0.25) is 0 Å². The molecule has 6 heteroatoms. The summed E-state index contributed by atoms with van der Waals surface area (Å²) < 4.78 is 7.34. The van der Waals surface area contributed by atoms with Crippen molar-refractivity contribution in [3.8, 4) is 0 Å². The Balaban J connectivity index is 2.01. The highest BCUT2D eigenvalue weighted by Crippen LogP contribution is 2.26. The SMILES string of the molecule is Cc1nn(C2CCN(C(=O)OC(C)(C)C)CC2)c(C)c1C=O. The summed E-state index contributed by atoms with van der Waals surface area (Å²) in [4.78, 5) is 24.9. The fourth-order valence-corrected chi connectivity index (χ4v) is 2.82. The molecular weight excluding hydrogens is 282 g/mol. The van der Waals surface area contributed by atoms with Crippen molar-refractivity contribution in [1.82, 2.24) is 14.7 Å². The number of aldehydes is 1. The second-order valence-corrected chi connectivity index (χ2v) is 6.85. The van der Waals surface area contributed by atoms with Crippen LogP contribution in [0.25, 0.3) is 0 Å². The molecule has 0 aromatic carbocycles. The van der Waals surface area contributed by atoms with E-state index in [1.807, 2.05) is 39.3 Å². The van der Waals surface area contributed by atoms with Gasteiger partial charge >= 0.3 is 6.09 Å². The van der Waals surface area contributed by atoms with Gasteiger partial charge in [-0.2, -0.15) is 5.10 Å². The molecule has 0 N–H and O–H groups in total. The molecule has 0 saturated carbocycles. The summed E-state index contributed by atoms with van der Waals surface area (Å²) in [6.07, 6.45) is 2.25. The molecular formula is C16H25N3O3. The topological polar surface area (TPSA) is 64.4 Å². The van der Waals surface area contributed by atoms with E-state index in [4.69, 9.17) is 4.74 Å². The number of aryl methyl sites for hydroxylation is 1. The monoisotopic (exact) mass is 307 g/mol. The molecule has 122 valence electrons. The Morgan fingerprint density at radius 3 is 2.32 bits per heavy atom. The molecule has 1 aliphatic heterocycles. The van der Waals surface area contributed by atoms with Crippen molar-refractivity contribution in [3.63, 3.8) is 0 Å². The number of likely N-dealkylation sites (tertiary alicyclic amines) is 1. The first kappa shape index (κ1) is 16.5. The second kappa shape index (κ2) is 6.10. The predicted octanol–water partition coefficient (Wildman–Crippen LogP) is 2.88. The van der Waals surface area contributed by atoms with E-state index in [1.54, 1.807) is 4.90 Å². The van der Waals surface area contributed by atoms with Crippen LogP contribution in [0, 0.1) is 13.8 Å². The lowest BCUT2D eigenvalue weighted by Gasteiger charge is -2.33. The Labute approximate surface area is 131 Å². The van der Waals surface area contributed by atoms with Gasteiger partial charge in [0, 0.05) is 18.8 Å². The first-order valence-corrected chi connectivity index (χ1v) is 7.71. The van der Waals surface area contributed by atoms with Gasteiger partial charge < -0.3 is 9.64 Å². The van der Waals surface area contributed by atoms with Crippen LogP contribution in [0.3, 0.4) is 0 Å². The van der Waals surface area contributed by atoms with Crippen molar-refractivity contribution in [3.05, 3.63) is 17.0 Å². The highest BCUT2D eigenvalue weighted by Gasteiger charge is 2.29. The highest BCUT2D eigenvalue weighted by atomic mass is 16.6. The Bertz CT molecular complexity index is 564. The minimum Gasteiger partial charge on any atom is -0.444 e. The van der Waals surface area contributed by atoms with Crippen LogP contribution in [0.1, 0.15) is 61.4 Å². The highest BCUT2D eigenvalue weighted by molar-refractivity contribution is 5.78. The molecule has 0 spiro atoms. The van der Waals surface area contributed by atoms with E-state index in [2.05, 4.69) is 5.10 Å². The van der Waals surface area contributed by atoms with Crippen molar-refractivity contribution in [2.45, 2.75) is 59.1 Å². The van der Waals surface area contributed by atoms with Crippen LogP contribution < -0.4 is 0 Å². The number of nitrogens with zero attached hydrogens (tertiary/aromatic N) is 3. The van der Waals surface area contributed by atoms with E-state index in [9.17, 15) is 9.59 Å². The van der Waals surface area contributed by atoms with Gasteiger partial charge in [-0.05, 0) is 47.5 Å². The molecule has 2 heterocycles. The Kier molecular flexibility index (Phi) is 4.58. The first-order chi connectivity index (χ1) is 10.2. The standard InChI is InChI=1S/C16H25N3O3/c1-11-14(10-20)12(2)19(17-11)13-6-8-18(9-7-13)15(21)22-16(3,4)5/h10,13H,6-9H2,1-5H3. The van der Waals surface area contributed by atoms with Crippen LogP contribution in [0.4, 0.5) is 4.79 Å². The molecule has 6 nitrogen and oxygen atoms in total. The number of hydrogen-bond donors (Lipinski definition) is 0. The summed E-state index contributed by atoms with van der Waals surface area (Å²) in [6, 6.07) is 0.228. The molecule has 0 radical (unpaired) electrons. The molecule has 1 aliphatic rings. The van der Waals surface area contributed by atoms with Gasteiger partial charge in [0.1, 0.15) is 5.60 Å². The van der Waals surface area contributed by atoms with E-state index in [0.29, 0.717) is 18.7 Å². The molecule has 0 aliphatic carbocycles. The van der Waals surface area contributed by atoms with Gasteiger partial charge in [-0.15, -0.1) is 0 Å².